The third-order valence-electron chi connectivity index (χ3n) is 5.97. The van der Waals surface area contributed by atoms with Crippen LogP contribution in [0.1, 0.15) is 35.1 Å². The Morgan fingerprint density at radius 3 is 2.48 bits per heavy atom. The van der Waals surface area contributed by atoms with Crippen molar-refractivity contribution < 1.29 is 27.4 Å². The second kappa shape index (κ2) is 12.4. The Morgan fingerprint density at radius 1 is 1.14 bits per heavy atom. The Labute approximate surface area is 243 Å². The zero-order valence-corrected chi connectivity index (χ0v) is 23.6. The Bertz CT molecular complexity index is 1720. The lowest BCUT2D eigenvalue weighted by Gasteiger charge is -2.19. The third-order valence-corrected chi connectivity index (χ3v) is 6.19. The number of nitrogens with one attached hydrogen (secondary N) is 1. The summed E-state index contributed by atoms with van der Waals surface area (Å²) >= 11 is 5.94. The average molecular weight is 601 g/mol. The third kappa shape index (κ3) is 6.55. The molecule has 0 aliphatic carbocycles. The van der Waals surface area contributed by atoms with Crippen LogP contribution in [0.25, 0.3) is 0 Å². The first kappa shape index (κ1) is 30.1. The van der Waals surface area contributed by atoms with Crippen LogP contribution in [0.3, 0.4) is 0 Å². The molecule has 4 rings (SSSR count). The molecule has 2 aromatic heterocycles. The van der Waals surface area contributed by atoms with Gasteiger partial charge < -0.3 is 19.5 Å². The van der Waals surface area contributed by atoms with Crippen molar-refractivity contribution in [2.75, 3.05) is 19.5 Å². The van der Waals surface area contributed by atoms with E-state index in [9.17, 15) is 23.2 Å². The van der Waals surface area contributed by atoms with Crippen molar-refractivity contribution in [3.63, 3.8) is 0 Å². The fourth-order valence-corrected chi connectivity index (χ4v) is 4.15. The molecule has 0 saturated carbocycles. The zero-order chi connectivity index (χ0) is 30.6. The summed E-state index contributed by atoms with van der Waals surface area (Å²) in [5.74, 6) is -4.97. The summed E-state index contributed by atoms with van der Waals surface area (Å²) in [6.45, 7) is 2.21. The fourth-order valence-electron chi connectivity index (χ4n) is 3.94. The molecule has 0 saturated heterocycles. The normalized spacial score (nSPS) is 11.1. The lowest BCUT2D eigenvalue weighted by atomic mass is 10.2. The summed E-state index contributed by atoms with van der Waals surface area (Å²) in [6, 6.07) is 10.9. The largest absolute Gasteiger partial charge is 0.497 e. The topological polar surface area (TPSA) is 124 Å². The van der Waals surface area contributed by atoms with E-state index < -0.39 is 40.1 Å². The number of alkyl halides is 2. The molecule has 42 heavy (non-hydrogen) atoms. The molecule has 0 amide bonds. The summed E-state index contributed by atoms with van der Waals surface area (Å²) in [4.78, 5) is 26.0. The van der Waals surface area contributed by atoms with Crippen LogP contribution < -0.4 is 25.1 Å². The number of benzene rings is 2. The first-order valence-electron chi connectivity index (χ1n) is 12.3. The molecular weight excluding hydrogens is 577 g/mol. The number of hydrogen-bond acceptors (Lipinski definition) is 9. The molecule has 1 N–H and O–H groups in total. The first-order valence-corrected chi connectivity index (χ1v) is 12.7. The summed E-state index contributed by atoms with van der Waals surface area (Å²) in [5.41, 5.74) is -1.40. The standard InChI is InChI=1S/C28H24ClF3N6O4/c1-15-36-25(34-12-16-5-7-19(40-3)8-6-16)20(26(37-15)41-4)13-38-14-35-24(28(2,31)32)23(27(38)39)42-21-10-18(29)9-17(11-33)22(21)30/h5-10,14H,12-13H2,1-4H3,(H,34,36,37). The van der Waals surface area contributed by atoms with Crippen molar-refractivity contribution in [3.05, 3.63) is 92.1 Å². The van der Waals surface area contributed by atoms with Crippen molar-refractivity contribution in [1.29, 1.82) is 5.26 Å². The number of nitriles is 1. The van der Waals surface area contributed by atoms with Crippen LogP contribution in [0.15, 0.2) is 47.5 Å². The van der Waals surface area contributed by atoms with Gasteiger partial charge in [-0.3, -0.25) is 9.36 Å². The van der Waals surface area contributed by atoms with Gasteiger partial charge in [0.05, 0.1) is 38.2 Å². The van der Waals surface area contributed by atoms with Crippen LogP contribution in [-0.2, 0) is 19.0 Å². The average Bonchev–Trinajstić information content (AvgIpc) is 2.95. The highest BCUT2D eigenvalue weighted by atomic mass is 35.5. The van der Waals surface area contributed by atoms with E-state index in [4.69, 9.17) is 25.8 Å². The summed E-state index contributed by atoms with van der Waals surface area (Å²) < 4.78 is 60.8. The quantitative estimate of drug-likeness (QED) is 0.248. The number of methoxy groups -OCH3 is 2. The van der Waals surface area contributed by atoms with Crippen molar-refractivity contribution >= 4 is 17.4 Å². The molecule has 4 aromatic rings. The van der Waals surface area contributed by atoms with Gasteiger partial charge in [-0.05, 0) is 30.7 Å². The Hall–Kier alpha value is -4.83. The van der Waals surface area contributed by atoms with Crippen LogP contribution >= 0.6 is 11.6 Å². The number of rotatable bonds is 10. The molecular formula is C28H24ClF3N6O4. The van der Waals surface area contributed by atoms with E-state index in [-0.39, 0.29) is 17.4 Å². The predicted molar refractivity (Wildman–Crippen MR) is 147 cm³/mol. The van der Waals surface area contributed by atoms with Gasteiger partial charge in [-0.2, -0.15) is 19.0 Å². The number of aryl methyl sites for hydroxylation is 1. The second-order valence-corrected chi connectivity index (χ2v) is 9.47. The molecule has 0 aliphatic heterocycles. The minimum absolute atomic E-state index is 0.105. The zero-order valence-electron chi connectivity index (χ0n) is 22.8. The summed E-state index contributed by atoms with van der Waals surface area (Å²) in [7, 11) is 2.94. The molecule has 10 nitrogen and oxygen atoms in total. The molecule has 0 aliphatic rings. The van der Waals surface area contributed by atoms with Gasteiger partial charge in [0.15, 0.2) is 17.3 Å². The SMILES string of the molecule is COc1ccc(CNc2nc(C)nc(OC)c2Cn2cnc(C(C)(F)F)c(Oc3cc(Cl)cc(C#N)c3F)c2=O)cc1. The lowest BCUT2D eigenvalue weighted by molar-refractivity contribution is 0.0100. The highest BCUT2D eigenvalue weighted by Gasteiger charge is 2.34. The van der Waals surface area contributed by atoms with E-state index >= 15 is 0 Å². The van der Waals surface area contributed by atoms with Gasteiger partial charge >= 0.3 is 0 Å². The maximum atomic E-state index is 14.8. The molecule has 0 fully saturated rings. The molecule has 0 bridgehead atoms. The van der Waals surface area contributed by atoms with Gasteiger partial charge in [0.1, 0.15) is 23.5 Å². The maximum Gasteiger partial charge on any atom is 0.297 e. The minimum Gasteiger partial charge on any atom is -0.497 e. The van der Waals surface area contributed by atoms with Crippen molar-refractivity contribution in [2.24, 2.45) is 0 Å². The van der Waals surface area contributed by atoms with Gasteiger partial charge in [-0.1, -0.05) is 23.7 Å². The van der Waals surface area contributed by atoms with Crippen LogP contribution in [-0.4, -0.2) is 33.7 Å². The van der Waals surface area contributed by atoms with E-state index in [1.807, 2.05) is 12.1 Å². The number of halogens is 4. The summed E-state index contributed by atoms with van der Waals surface area (Å²) in [6.07, 6.45) is 0.906. The second-order valence-electron chi connectivity index (χ2n) is 9.03. The number of hydrogen-bond donors (Lipinski definition) is 1. The van der Waals surface area contributed by atoms with Gasteiger partial charge in [0.25, 0.3) is 11.5 Å². The van der Waals surface area contributed by atoms with Crippen LogP contribution in [0.4, 0.5) is 19.0 Å². The minimum atomic E-state index is -3.64. The molecule has 0 radical (unpaired) electrons. The van der Waals surface area contributed by atoms with Gasteiger partial charge in [-0.15, -0.1) is 0 Å². The monoisotopic (exact) mass is 600 g/mol. The lowest BCUT2D eigenvalue weighted by Crippen LogP contribution is -2.27. The first-order chi connectivity index (χ1) is 19.9. The molecule has 0 atom stereocenters. The maximum absolute atomic E-state index is 14.8. The molecule has 218 valence electrons. The number of aromatic nitrogens is 4. The number of ether oxygens (including phenoxy) is 3. The van der Waals surface area contributed by atoms with Gasteiger partial charge in [0.2, 0.25) is 11.6 Å². The predicted octanol–water partition coefficient (Wildman–Crippen LogP) is 5.59. The van der Waals surface area contributed by atoms with Crippen LogP contribution in [0.5, 0.6) is 23.1 Å². The van der Waals surface area contributed by atoms with E-state index in [1.165, 1.54) is 7.11 Å². The van der Waals surface area contributed by atoms with Gasteiger partial charge in [0, 0.05) is 24.6 Å². The van der Waals surface area contributed by atoms with Crippen molar-refractivity contribution in [1.82, 2.24) is 19.5 Å². The molecule has 0 unspecified atom stereocenters. The number of anilines is 1. The highest BCUT2D eigenvalue weighted by Crippen LogP contribution is 2.35. The van der Waals surface area contributed by atoms with E-state index in [2.05, 4.69) is 20.3 Å². The molecule has 2 aromatic carbocycles. The van der Waals surface area contributed by atoms with Crippen molar-refractivity contribution in [3.8, 4) is 29.2 Å². The Balaban J connectivity index is 1.77. The van der Waals surface area contributed by atoms with Crippen molar-refractivity contribution in [2.45, 2.75) is 32.9 Å². The molecule has 2 heterocycles. The highest BCUT2D eigenvalue weighted by molar-refractivity contribution is 6.30. The fraction of sp³-hybridized carbons (Fsp3) is 0.250. The molecule has 14 heteroatoms. The van der Waals surface area contributed by atoms with E-state index in [1.54, 1.807) is 32.2 Å². The van der Waals surface area contributed by atoms with Gasteiger partial charge in [-0.25, -0.2) is 14.4 Å². The smallest absolute Gasteiger partial charge is 0.297 e. The van der Waals surface area contributed by atoms with E-state index in [0.29, 0.717) is 36.4 Å². The van der Waals surface area contributed by atoms with Crippen LogP contribution in [0, 0.1) is 24.1 Å². The van der Waals surface area contributed by atoms with Crippen LogP contribution in [0.2, 0.25) is 5.02 Å². The molecule has 0 spiro atoms. The Morgan fingerprint density at radius 2 is 1.86 bits per heavy atom. The Kier molecular flexibility index (Phi) is 8.87. The van der Waals surface area contributed by atoms with E-state index in [0.717, 1.165) is 28.6 Å². The summed E-state index contributed by atoms with van der Waals surface area (Å²) in [5, 5.41) is 12.3. The number of nitrogens with zero attached hydrogens (tertiary/aromatic N) is 5.